The minimum atomic E-state index is -0.726. The van der Waals surface area contributed by atoms with Gasteiger partial charge in [-0.3, -0.25) is 9.69 Å². The molecule has 19 heavy (non-hydrogen) atoms. The number of hydrogen-bond acceptors (Lipinski definition) is 4. The summed E-state index contributed by atoms with van der Waals surface area (Å²) >= 11 is 0. The molecular weight excluding hydrogens is 242 g/mol. The van der Waals surface area contributed by atoms with Crippen molar-refractivity contribution in [3.63, 3.8) is 0 Å². The highest BCUT2D eigenvalue weighted by molar-refractivity contribution is 5.66. The number of carbonyl (C=O) groups is 1. The van der Waals surface area contributed by atoms with Crippen molar-refractivity contribution in [1.82, 2.24) is 4.90 Å². The molecule has 0 bridgehead atoms. The van der Waals surface area contributed by atoms with Crippen LogP contribution in [0.4, 0.5) is 5.69 Å². The van der Waals surface area contributed by atoms with E-state index >= 15 is 0 Å². The van der Waals surface area contributed by atoms with Gasteiger partial charge in [0.2, 0.25) is 0 Å². The van der Waals surface area contributed by atoms with Crippen LogP contribution in [0.25, 0.3) is 0 Å². The standard InChI is InChI=1S/C14H21N3O2/c15-11-12-3-1-2-4-13(12)17-9-7-16(8-10-17)6-5-14(18)19/h1-4H,5-11,15H2,(H,18,19). The number of rotatable bonds is 5. The number of carboxylic acid groups (broad SMARTS) is 1. The fourth-order valence-electron chi connectivity index (χ4n) is 2.46. The number of benzene rings is 1. The number of carboxylic acids is 1. The second kappa shape index (κ2) is 6.54. The van der Waals surface area contributed by atoms with Crippen LogP contribution in [-0.2, 0) is 11.3 Å². The molecule has 0 aliphatic carbocycles. The first kappa shape index (κ1) is 13.8. The summed E-state index contributed by atoms with van der Waals surface area (Å²) in [5.41, 5.74) is 8.14. The zero-order valence-electron chi connectivity index (χ0n) is 11.1. The summed E-state index contributed by atoms with van der Waals surface area (Å²) in [7, 11) is 0. The summed E-state index contributed by atoms with van der Waals surface area (Å²) in [6, 6.07) is 8.21. The van der Waals surface area contributed by atoms with E-state index in [4.69, 9.17) is 10.8 Å². The van der Waals surface area contributed by atoms with Crippen LogP contribution in [-0.4, -0.2) is 48.7 Å². The molecule has 104 valence electrons. The summed E-state index contributed by atoms with van der Waals surface area (Å²) in [5.74, 6) is -0.726. The van der Waals surface area contributed by atoms with Crippen molar-refractivity contribution < 1.29 is 9.90 Å². The van der Waals surface area contributed by atoms with E-state index in [1.165, 1.54) is 11.3 Å². The van der Waals surface area contributed by atoms with Gasteiger partial charge in [-0.15, -0.1) is 0 Å². The molecule has 1 saturated heterocycles. The molecule has 3 N–H and O–H groups in total. The Morgan fingerprint density at radius 1 is 1.21 bits per heavy atom. The molecule has 5 nitrogen and oxygen atoms in total. The maximum atomic E-state index is 10.6. The van der Waals surface area contributed by atoms with E-state index in [1.807, 2.05) is 12.1 Å². The van der Waals surface area contributed by atoms with Crippen molar-refractivity contribution >= 4 is 11.7 Å². The number of nitrogens with two attached hydrogens (primary N) is 1. The summed E-state index contributed by atoms with van der Waals surface area (Å²) < 4.78 is 0. The van der Waals surface area contributed by atoms with Crippen molar-refractivity contribution in [2.75, 3.05) is 37.6 Å². The van der Waals surface area contributed by atoms with E-state index in [9.17, 15) is 4.79 Å². The summed E-state index contributed by atoms with van der Waals surface area (Å²) in [5, 5.41) is 8.69. The van der Waals surface area contributed by atoms with E-state index in [1.54, 1.807) is 0 Å². The van der Waals surface area contributed by atoms with Crippen LogP contribution < -0.4 is 10.6 Å². The third kappa shape index (κ3) is 3.68. The maximum absolute atomic E-state index is 10.6. The molecule has 1 aliphatic heterocycles. The van der Waals surface area contributed by atoms with Crippen molar-refractivity contribution in [3.8, 4) is 0 Å². The number of nitrogens with zero attached hydrogens (tertiary/aromatic N) is 2. The Morgan fingerprint density at radius 3 is 2.53 bits per heavy atom. The Hall–Kier alpha value is -1.59. The smallest absolute Gasteiger partial charge is 0.304 e. The van der Waals surface area contributed by atoms with Crippen LogP contribution in [0.1, 0.15) is 12.0 Å². The van der Waals surface area contributed by atoms with Crippen LogP contribution >= 0.6 is 0 Å². The summed E-state index contributed by atoms with van der Waals surface area (Å²) in [6.07, 6.45) is 0.222. The first-order valence-electron chi connectivity index (χ1n) is 6.68. The van der Waals surface area contributed by atoms with Gasteiger partial charge < -0.3 is 15.7 Å². The quantitative estimate of drug-likeness (QED) is 0.820. The number of para-hydroxylation sites is 1. The van der Waals surface area contributed by atoms with E-state index in [0.717, 1.165) is 26.2 Å². The predicted molar refractivity (Wildman–Crippen MR) is 75.2 cm³/mol. The van der Waals surface area contributed by atoms with Crippen molar-refractivity contribution in [1.29, 1.82) is 0 Å². The van der Waals surface area contributed by atoms with Gasteiger partial charge in [-0.2, -0.15) is 0 Å². The van der Waals surface area contributed by atoms with Gasteiger partial charge in [-0.1, -0.05) is 18.2 Å². The molecule has 1 aromatic carbocycles. The first-order valence-corrected chi connectivity index (χ1v) is 6.68. The molecule has 0 amide bonds. The molecule has 5 heteroatoms. The van der Waals surface area contributed by atoms with Crippen LogP contribution in [0.5, 0.6) is 0 Å². The fraction of sp³-hybridized carbons (Fsp3) is 0.500. The molecule has 0 aromatic heterocycles. The third-order valence-electron chi connectivity index (χ3n) is 3.57. The number of piperazine rings is 1. The lowest BCUT2D eigenvalue weighted by molar-refractivity contribution is -0.137. The molecule has 2 rings (SSSR count). The summed E-state index contributed by atoms with van der Waals surface area (Å²) in [6.45, 7) is 4.86. The first-order chi connectivity index (χ1) is 9.20. The number of aliphatic carboxylic acids is 1. The Kier molecular flexibility index (Phi) is 4.76. The molecule has 0 saturated carbocycles. The van der Waals surface area contributed by atoms with Crippen molar-refractivity contribution in [2.45, 2.75) is 13.0 Å². The third-order valence-corrected chi connectivity index (χ3v) is 3.57. The highest BCUT2D eigenvalue weighted by Gasteiger charge is 2.18. The highest BCUT2D eigenvalue weighted by atomic mass is 16.4. The molecule has 1 aliphatic rings. The van der Waals surface area contributed by atoms with Gasteiger partial charge in [0.1, 0.15) is 0 Å². The number of anilines is 1. The average molecular weight is 263 g/mol. The Morgan fingerprint density at radius 2 is 1.89 bits per heavy atom. The molecule has 1 aromatic rings. The lowest BCUT2D eigenvalue weighted by atomic mass is 10.1. The van der Waals surface area contributed by atoms with E-state index < -0.39 is 5.97 Å². The van der Waals surface area contributed by atoms with Crippen LogP contribution in [0, 0.1) is 0 Å². The highest BCUT2D eigenvalue weighted by Crippen LogP contribution is 2.21. The topological polar surface area (TPSA) is 69.8 Å². The monoisotopic (exact) mass is 263 g/mol. The van der Waals surface area contributed by atoms with Gasteiger partial charge in [-0.05, 0) is 11.6 Å². The van der Waals surface area contributed by atoms with Crippen molar-refractivity contribution in [2.24, 2.45) is 5.73 Å². The van der Waals surface area contributed by atoms with E-state index in [2.05, 4.69) is 21.9 Å². The molecule has 0 spiro atoms. The predicted octanol–water partition coefficient (Wildman–Crippen LogP) is 0.742. The SMILES string of the molecule is NCc1ccccc1N1CCN(CCC(=O)O)CC1. The zero-order valence-corrected chi connectivity index (χ0v) is 11.1. The molecule has 0 atom stereocenters. The number of hydrogen-bond donors (Lipinski definition) is 2. The van der Waals surface area contributed by atoms with Gasteiger partial charge >= 0.3 is 5.97 Å². The van der Waals surface area contributed by atoms with Gasteiger partial charge in [0.05, 0.1) is 6.42 Å². The van der Waals surface area contributed by atoms with Crippen LogP contribution in [0.3, 0.4) is 0 Å². The fourth-order valence-corrected chi connectivity index (χ4v) is 2.46. The maximum Gasteiger partial charge on any atom is 0.304 e. The molecule has 1 heterocycles. The van der Waals surface area contributed by atoms with Gasteiger partial charge in [-0.25, -0.2) is 0 Å². The lowest BCUT2D eigenvalue weighted by Gasteiger charge is -2.36. The van der Waals surface area contributed by atoms with Gasteiger partial charge in [0, 0.05) is 45.0 Å². The van der Waals surface area contributed by atoms with E-state index in [-0.39, 0.29) is 6.42 Å². The second-order valence-corrected chi connectivity index (χ2v) is 4.81. The Bertz CT molecular complexity index is 428. The molecular formula is C14H21N3O2. The minimum Gasteiger partial charge on any atom is -0.481 e. The van der Waals surface area contributed by atoms with E-state index in [0.29, 0.717) is 13.1 Å². The second-order valence-electron chi connectivity index (χ2n) is 4.81. The Balaban J connectivity index is 1.90. The lowest BCUT2D eigenvalue weighted by Crippen LogP contribution is -2.47. The Labute approximate surface area is 113 Å². The largest absolute Gasteiger partial charge is 0.481 e. The van der Waals surface area contributed by atoms with Crippen LogP contribution in [0.15, 0.2) is 24.3 Å². The molecule has 0 radical (unpaired) electrons. The minimum absolute atomic E-state index is 0.222. The normalized spacial score (nSPS) is 16.6. The molecule has 1 fully saturated rings. The van der Waals surface area contributed by atoms with Gasteiger partial charge in [0.15, 0.2) is 0 Å². The average Bonchev–Trinajstić information content (AvgIpc) is 2.45. The van der Waals surface area contributed by atoms with Crippen LogP contribution in [0.2, 0.25) is 0 Å². The van der Waals surface area contributed by atoms with Gasteiger partial charge in [0.25, 0.3) is 0 Å². The molecule has 0 unspecified atom stereocenters. The zero-order chi connectivity index (χ0) is 13.7. The van der Waals surface area contributed by atoms with Crippen molar-refractivity contribution in [3.05, 3.63) is 29.8 Å². The summed E-state index contributed by atoms with van der Waals surface area (Å²) in [4.78, 5) is 15.1.